The van der Waals surface area contributed by atoms with E-state index in [0.717, 1.165) is 34.0 Å². The zero-order valence-electron chi connectivity index (χ0n) is 15.7. The van der Waals surface area contributed by atoms with E-state index in [-0.39, 0.29) is 0 Å². The molecule has 0 aliphatic rings. The lowest BCUT2D eigenvalue weighted by atomic mass is 10.1. The fourth-order valence-electron chi connectivity index (χ4n) is 3.13. The van der Waals surface area contributed by atoms with Gasteiger partial charge >= 0.3 is 0 Å². The standard InChI is InChI=1S/C22H17N7/c1-15-10-11-23-21(26-15)17-8-5-9-18(12-17)27-20-13-19(16-6-3-2-4-7-16)28-22-24-14-25-29(20)22/h2-14,27H,1H3. The fraction of sp³-hybridized carbons (Fsp3) is 0.0455. The summed E-state index contributed by atoms with van der Waals surface area (Å²) in [5.74, 6) is 2.00. The quantitative estimate of drug-likeness (QED) is 0.501. The van der Waals surface area contributed by atoms with Crippen LogP contribution in [0.25, 0.3) is 28.4 Å². The Bertz CT molecular complexity index is 1300. The van der Waals surface area contributed by atoms with E-state index in [0.29, 0.717) is 11.6 Å². The van der Waals surface area contributed by atoms with Crippen LogP contribution in [0.2, 0.25) is 0 Å². The summed E-state index contributed by atoms with van der Waals surface area (Å²) in [7, 11) is 0. The maximum Gasteiger partial charge on any atom is 0.254 e. The number of hydrogen-bond donors (Lipinski definition) is 1. The molecule has 1 N–H and O–H groups in total. The van der Waals surface area contributed by atoms with Crippen LogP contribution in [0.5, 0.6) is 0 Å². The van der Waals surface area contributed by atoms with Crippen LogP contribution in [0, 0.1) is 6.92 Å². The molecule has 0 atom stereocenters. The third-order valence-electron chi connectivity index (χ3n) is 4.51. The van der Waals surface area contributed by atoms with Crippen molar-refractivity contribution in [3.8, 4) is 22.6 Å². The molecule has 0 fully saturated rings. The van der Waals surface area contributed by atoms with Gasteiger partial charge in [-0.1, -0.05) is 42.5 Å². The van der Waals surface area contributed by atoms with Gasteiger partial charge in [-0.2, -0.15) is 14.6 Å². The Morgan fingerprint density at radius 1 is 0.828 bits per heavy atom. The summed E-state index contributed by atoms with van der Waals surface area (Å²) in [6, 6.07) is 21.8. The Morgan fingerprint density at radius 3 is 2.55 bits per heavy atom. The Balaban J connectivity index is 1.55. The lowest BCUT2D eigenvalue weighted by Crippen LogP contribution is -2.03. The summed E-state index contributed by atoms with van der Waals surface area (Å²) < 4.78 is 1.68. The third kappa shape index (κ3) is 3.41. The summed E-state index contributed by atoms with van der Waals surface area (Å²) >= 11 is 0. The molecule has 3 heterocycles. The molecule has 0 amide bonds. The molecule has 5 rings (SSSR count). The number of aromatic nitrogens is 6. The van der Waals surface area contributed by atoms with Crippen molar-refractivity contribution in [1.29, 1.82) is 0 Å². The van der Waals surface area contributed by atoms with E-state index in [1.807, 2.05) is 73.7 Å². The van der Waals surface area contributed by atoms with Crippen LogP contribution in [0.15, 0.2) is 79.3 Å². The Hall–Kier alpha value is -4.13. The summed E-state index contributed by atoms with van der Waals surface area (Å²) in [4.78, 5) is 17.8. The second kappa shape index (κ2) is 7.12. The van der Waals surface area contributed by atoms with Crippen LogP contribution in [-0.4, -0.2) is 29.5 Å². The maximum atomic E-state index is 4.61. The predicted molar refractivity (Wildman–Crippen MR) is 112 cm³/mol. The van der Waals surface area contributed by atoms with Gasteiger partial charge in [0.05, 0.1) is 5.69 Å². The molecule has 5 aromatic rings. The number of hydrogen-bond acceptors (Lipinski definition) is 6. The highest BCUT2D eigenvalue weighted by Crippen LogP contribution is 2.26. The number of anilines is 2. The van der Waals surface area contributed by atoms with Crippen LogP contribution < -0.4 is 5.32 Å². The topological polar surface area (TPSA) is 80.9 Å². The monoisotopic (exact) mass is 379 g/mol. The zero-order chi connectivity index (χ0) is 19.6. The van der Waals surface area contributed by atoms with E-state index < -0.39 is 0 Å². The normalized spacial score (nSPS) is 10.9. The number of rotatable bonds is 4. The first kappa shape index (κ1) is 17.0. The van der Waals surface area contributed by atoms with Crippen LogP contribution in [-0.2, 0) is 0 Å². The molecular formula is C22H17N7. The molecule has 2 aromatic carbocycles. The van der Waals surface area contributed by atoms with Gasteiger partial charge in [-0.05, 0) is 25.1 Å². The molecule has 29 heavy (non-hydrogen) atoms. The van der Waals surface area contributed by atoms with Gasteiger partial charge in [0.1, 0.15) is 12.1 Å². The second-order valence-corrected chi connectivity index (χ2v) is 6.59. The first-order valence-electron chi connectivity index (χ1n) is 9.19. The van der Waals surface area contributed by atoms with E-state index in [9.17, 15) is 0 Å². The van der Waals surface area contributed by atoms with Gasteiger partial charge in [-0.25, -0.2) is 15.0 Å². The lowest BCUT2D eigenvalue weighted by molar-refractivity contribution is 0.948. The molecule has 0 bridgehead atoms. The molecule has 140 valence electrons. The molecule has 0 spiro atoms. The molecule has 0 saturated heterocycles. The summed E-state index contributed by atoms with van der Waals surface area (Å²) in [6.45, 7) is 1.96. The SMILES string of the molecule is Cc1ccnc(-c2cccc(Nc3cc(-c4ccccc4)nc4ncnn34)c2)n1. The largest absolute Gasteiger partial charge is 0.340 e. The van der Waals surface area contributed by atoms with Crippen molar-refractivity contribution >= 4 is 17.3 Å². The smallest absolute Gasteiger partial charge is 0.254 e. The minimum atomic E-state index is 0.534. The van der Waals surface area contributed by atoms with Crippen LogP contribution in [0.1, 0.15) is 5.69 Å². The molecular weight excluding hydrogens is 362 g/mol. The maximum absolute atomic E-state index is 4.61. The zero-order valence-corrected chi connectivity index (χ0v) is 15.7. The number of aryl methyl sites for hydroxylation is 1. The minimum Gasteiger partial charge on any atom is -0.340 e. The first-order valence-corrected chi connectivity index (χ1v) is 9.19. The molecule has 0 saturated carbocycles. The molecule has 0 unspecified atom stereocenters. The van der Waals surface area contributed by atoms with Crippen molar-refractivity contribution in [3.05, 3.63) is 84.9 Å². The summed E-state index contributed by atoms with van der Waals surface area (Å²) in [5.41, 5.74) is 4.61. The molecule has 3 aromatic heterocycles. The van der Waals surface area contributed by atoms with Gasteiger partial charge in [0.2, 0.25) is 0 Å². The van der Waals surface area contributed by atoms with Crippen LogP contribution >= 0.6 is 0 Å². The highest BCUT2D eigenvalue weighted by atomic mass is 15.4. The van der Waals surface area contributed by atoms with Crippen molar-refractivity contribution in [2.45, 2.75) is 6.92 Å². The highest BCUT2D eigenvalue weighted by molar-refractivity contribution is 5.70. The molecule has 7 heteroatoms. The minimum absolute atomic E-state index is 0.534. The number of nitrogens with one attached hydrogen (secondary N) is 1. The van der Waals surface area contributed by atoms with Gasteiger partial charge in [0.15, 0.2) is 5.82 Å². The summed E-state index contributed by atoms with van der Waals surface area (Å²) in [6.07, 6.45) is 3.27. The third-order valence-corrected chi connectivity index (χ3v) is 4.51. The van der Waals surface area contributed by atoms with Crippen LogP contribution in [0.3, 0.4) is 0 Å². The van der Waals surface area contributed by atoms with E-state index in [1.165, 1.54) is 6.33 Å². The average molecular weight is 379 g/mol. The van der Waals surface area contributed by atoms with Crippen molar-refractivity contribution in [3.63, 3.8) is 0 Å². The van der Waals surface area contributed by atoms with Crippen molar-refractivity contribution in [2.24, 2.45) is 0 Å². The number of fused-ring (bicyclic) bond motifs is 1. The molecule has 0 aliphatic heterocycles. The molecule has 7 nitrogen and oxygen atoms in total. The van der Waals surface area contributed by atoms with Gasteiger partial charge in [0.25, 0.3) is 5.78 Å². The van der Waals surface area contributed by atoms with Gasteiger partial charge < -0.3 is 5.32 Å². The van der Waals surface area contributed by atoms with Gasteiger partial charge in [-0.3, -0.25) is 0 Å². The van der Waals surface area contributed by atoms with Crippen molar-refractivity contribution in [2.75, 3.05) is 5.32 Å². The van der Waals surface area contributed by atoms with Crippen LogP contribution in [0.4, 0.5) is 11.5 Å². The number of benzene rings is 2. The second-order valence-electron chi connectivity index (χ2n) is 6.59. The fourth-order valence-corrected chi connectivity index (χ4v) is 3.13. The van der Waals surface area contributed by atoms with Gasteiger partial charge in [-0.15, -0.1) is 0 Å². The van der Waals surface area contributed by atoms with Gasteiger partial charge in [0, 0.05) is 34.8 Å². The number of nitrogens with zero attached hydrogens (tertiary/aromatic N) is 6. The van der Waals surface area contributed by atoms with E-state index in [1.54, 1.807) is 10.7 Å². The summed E-state index contributed by atoms with van der Waals surface area (Å²) in [5, 5.41) is 7.73. The van der Waals surface area contributed by atoms with E-state index in [4.69, 9.17) is 0 Å². The lowest BCUT2D eigenvalue weighted by Gasteiger charge is -2.11. The molecule has 0 radical (unpaired) electrons. The Labute approximate surface area is 167 Å². The molecule has 0 aliphatic carbocycles. The van der Waals surface area contributed by atoms with Crippen molar-refractivity contribution < 1.29 is 0 Å². The van der Waals surface area contributed by atoms with E-state index in [2.05, 4.69) is 30.4 Å². The Kier molecular flexibility index (Phi) is 4.18. The first-order chi connectivity index (χ1) is 14.3. The Morgan fingerprint density at radius 2 is 1.69 bits per heavy atom. The van der Waals surface area contributed by atoms with E-state index >= 15 is 0 Å². The highest BCUT2D eigenvalue weighted by Gasteiger charge is 2.10. The predicted octanol–water partition coefficient (Wildman–Crippen LogP) is 4.30. The van der Waals surface area contributed by atoms with Crippen molar-refractivity contribution in [1.82, 2.24) is 29.5 Å². The average Bonchev–Trinajstić information content (AvgIpc) is 3.24.